The molecule has 0 aromatic heterocycles. The highest BCUT2D eigenvalue weighted by atomic mass is 28.5. The van der Waals surface area contributed by atoms with Crippen LogP contribution in [-0.2, 0) is 137 Å². The molecule has 0 aromatic carbocycles. The summed E-state index contributed by atoms with van der Waals surface area (Å²) in [6.45, 7) is 91.8. The van der Waals surface area contributed by atoms with E-state index >= 15 is 0 Å². The Labute approximate surface area is 897 Å². The number of hydrogen-bond acceptors (Lipinski definition) is 32. The zero-order valence-corrected chi connectivity index (χ0v) is 109. The lowest BCUT2D eigenvalue weighted by atomic mass is 9.83. The van der Waals surface area contributed by atoms with Gasteiger partial charge in [0.05, 0.1) is 131 Å². The second-order valence-electron chi connectivity index (χ2n) is 49.2. The zero-order valence-electron chi connectivity index (χ0n) is 96.8. The van der Waals surface area contributed by atoms with Crippen LogP contribution in [0.15, 0.2) is 25.7 Å². The van der Waals surface area contributed by atoms with Crippen LogP contribution in [0.5, 0.6) is 0 Å². The molecular weight excluding hydrogens is 2070 g/mol. The number of ether oxygens (including phenoxy) is 20. The smallest absolute Gasteiger partial charge is 0.502 e. The second-order valence-corrected chi connectivity index (χ2v) is 97.9. The largest absolute Gasteiger partial charge is 0.508 e. The molecule has 10 aliphatic rings. The first-order valence-electron chi connectivity index (χ1n) is 55.7. The third kappa shape index (κ3) is 56.6. The van der Waals surface area contributed by atoms with Gasteiger partial charge in [0.2, 0.25) is 0 Å². The predicted octanol–water partition coefficient (Wildman–Crippen LogP) is 22.9. The van der Waals surface area contributed by atoms with E-state index < -0.39 is 113 Å². The number of hydrogen-bond donors (Lipinski definition) is 0. The van der Waals surface area contributed by atoms with Crippen LogP contribution in [-0.4, -0.2) is 343 Å². The summed E-state index contributed by atoms with van der Waals surface area (Å²) < 4.78 is 174. The Kier molecular flexibility index (Phi) is 59.7. The summed E-state index contributed by atoms with van der Waals surface area (Å²) in [5.74, 6) is 2.80. The molecule has 146 heavy (non-hydrogen) atoms. The van der Waals surface area contributed by atoms with Gasteiger partial charge >= 0.3 is 55.1 Å². The molecule has 2 unspecified atom stereocenters. The van der Waals surface area contributed by atoms with Crippen LogP contribution in [0.4, 0.5) is 9.59 Å². The lowest BCUT2D eigenvalue weighted by Crippen LogP contribution is -2.57. The fourth-order valence-electron chi connectivity index (χ4n) is 19.9. The number of rotatable bonds is 71. The molecule has 0 spiro atoms. The minimum Gasteiger partial charge on any atom is -0.502 e. The van der Waals surface area contributed by atoms with E-state index in [0.29, 0.717) is 69.9 Å². The number of carbonyl (C=O) groups excluding carboxylic acids is 2. The van der Waals surface area contributed by atoms with E-state index in [9.17, 15) is 9.59 Å². The summed E-state index contributed by atoms with van der Waals surface area (Å²) in [7, 11) is -23.6. The van der Waals surface area contributed by atoms with Gasteiger partial charge in [-0.15, -0.1) is 0 Å². The molecule has 0 N–H and O–H groups in total. The highest BCUT2D eigenvalue weighted by Crippen LogP contribution is 2.40. The number of cyclic esters (lactones) is 4. The summed E-state index contributed by atoms with van der Waals surface area (Å²) in [5.41, 5.74) is 0.863. The first-order valence-corrected chi connectivity index (χ1v) is 91.5. The molecule has 8 saturated heterocycles. The number of carbonyl (C=O) groups is 2. The first kappa shape index (κ1) is 134. The van der Waals surface area contributed by atoms with Gasteiger partial charge < -0.3 is 137 Å². The van der Waals surface area contributed by atoms with Gasteiger partial charge in [-0.2, -0.15) is 0 Å². The fourth-order valence-corrected chi connectivity index (χ4v) is 70.1. The van der Waals surface area contributed by atoms with Gasteiger partial charge in [-0.25, -0.2) is 9.59 Å². The van der Waals surface area contributed by atoms with Crippen molar-refractivity contribution in [2.24, 2.45) is 45.3 Å². The zero-order chi connectivity index (χ0) is 108. The lowest BCUT2D eigenvalue weighted by Gasteiger charge is -2.44. The molecule has 0 radical (unpaired) electrons. The van der Waals surface area contributed by atoms with Crippen molar-refractivity contribution in [3.8, 4) is 0 Å². The van der Waals surface area contributed by atoms with E-state index in [1.54, 1.807) is 12.5 Å². The van der Waals surface area contributed by atoms with Crippen LogP contribution in [0.3, 0.4) is 0 Å². The molecule has 858 valence electrons. The lowest BCUT2D eigenvalue weighted by molar-refractivity contribution is -0.150. The van der Waals surface area contributed by atoms with Crippen molar-refractivity contribution in [2.45, 2.75) is 367 Å². The Bertz CT molecular complexity index is 3360. The molecular formula is C102H210O32Si12. The Hall–Kier alpha value is -0.737. The first-order chi connectivity index (χ1) is 68.5. The predicted molar refractivity (Wildman–Crippen MR) is 603 cm³/mol. The van der Waals surface area contributed by atoms with Crippen molar-refractivity contribution in [2.75, 3.05) is 205 Å². The highest BCUT2D eigenvalue weighted by molar-refractivity contribution is 6.88. The molecule has 8 aliphatic heterocycles. The van der Waals surface area contributed by atoms with Crippen molar-refractivity contribution < 1.29 is 146 Å². The quantitative estimate of drug-likeness (QED) is 0.0236. The molecule has 8 heterocycles. The normalized spacial score (nSPS) is 22.6. The topological polar surface area (TPSA) is 311 Å². The second kappa shape index (κ2) is 65.1. The summed E-state index contributed by atoms with van der Waals surface area (Å²) in [5, 5.41) is 0. The van der Waals surface area contributed by atoms with Crippen LogP contribution in [0.2, 0.25) is 199 Å². The van der Waals surface area contributed by atoms with E-state index in [4.69, 9.17) is 137 Å². The SMILES string of the molecule is C=COCC1CCC(COCC[Si](C)(C)O[Si](C)(C)CCOCC2CCC(COC=C)CC2)CC1.CCC1(COCCCO[Si](C)(C)O[Si](C)(C)O[Si](C)(C)CCCOCC2(CC)COC2)COC1.CCC1(CO[Si](C)(C)O[Si](C)(C)O[Si](C)(C)OCC2(CC)COC2)COC1.C[Si](C)(CCC1OCCO1)O[Si](C)(C)CCC1OCCO1.C[Si](C)(CCCOCC1COC(=O)O1)O[Si](C)(C)CCCOCC1COC(=O)O1. The van der Waals surface area contributed by atoms with E-state index in [1.807, 2.05) is 0 Å². The van der Waals surface area contributed by atoms with Gasteiger partial charge in [-0.05, 0) is 339 Å². The van der Waals surface area contributed by atoms with Crippen LogP contribution in [0.25, 0.3) is 0 Å². The van der Waals surface area contributed by atoms with Gasteiger partial charge in [0.1, 0.15) is 13.2 Å². The van der Waals surface area contributed by atoms with E-state index in [-0.39, 0.29) is 59.7 Å². The van der Waals surface area contributed by atoms with Gasteiger partial charge in [-0.3, -0.25) is 0 Å². The molecule has 0 bridgehead atoms. The van der Waals surface area contributed by atoms with Crippen molar-refractivity contribution >= 4 is 113 Å². The molecule has 44 heteroatoms. The minimum absolute atomic E-state index is 0.00885. The summed E-state index contributed by atoms with van der Waals surface area (Å²) in [6.07, 6.45) is 21.4. The Morgan fingerprint density at radius 2 is 0.568 bits per heavy atom. The van der Waals surface area contributed by atoms with Gasteiger partial charge in [0.15, 0.2) is 83.0 Å². The van der Waals surface area contributed by atoms with Crippen molar-refractivity contribution in [1.29, 1.82) is 0 Å². The molecule has 10 rings (SSSR count). The third-order valence-electron chi connectivity index (χ3n) is 28.8. The van der Waals surface area contributed by atoms with E-state index in [2.05, 4.69) is 198 Å². The van der Waals surface area contributed by atoms with Crippen LogP contribution in [0.1, 0.15) is 143 Å². The summed E-state index contributed by atoms with van der Waals surface area (Å²) in [4.78, 5) is 21.7. The van der Waals surface area contributed by atoms with Crippen molar-refractivity contribution in [1.82, 2.24) is 0 Å². The Morgan fingerprint density at radius 3 is 0.870 bits per heavy atom. The minimum atomic E-state index is -2.36. The van der Waals surface area contributed by atoms with Crippen LogP contribution >= 0.6 is 0 Å². The van der Waals surface area contributed by atoms with Gasteiger partial charge in [0.25, 0.3) is 0 Å². The summed E-state index contributed by atoms with van der Waals surface area (Å²) >= 11 is 0. The molecule has 2 aliphatic carbocycles. The molecule has 2 saturated carbocycles. The van der Waals surface area contributed by atoms with Gasteiger partial charge in [-0.1, -0.05) is 40.9 Å². The molecule has 0 aromatic rings. The average molecular weight is 2290 g/mol. The maximum Gasteiger partial charge on any atom is 0.508 e. The van der Waals surface area contributed by atoms with Crippen molar-refractivity contribution in [3.05, 3.63) is 25.7 Å². The monoisotopic (exact) mass is 2280 g/mol. The summed E-state index contributed by atoms with van der Waals surface area (Å²) in [6, 6.07) is 7.45. The third-order valence-corrected chi connectivity index (χ3v) is 71.1. The molecule has 0 amide bonds. The molecule has 32 nitrogen and oxygen atoms in total. The maximum absolute atomic E-state index is 10.9. The van der Waals surface area contributed by atoms with Crippen LogP contribution in [0, 0.1) is 45.3 Å². The highest BCUT2D eigenvalue weighted by Gasteiger charge is 2.49. The van der Waals surface area contributed by atoms with Crippen LogP contribution < -0.4 is 0 Å². The van der Waals surface area contributed by atoms with Crippen molar-refractivity contribution in [3.63, 3.8) is 0 Å². The van der Waals surface area contributed by atoms with E-state index in [0.717, 1.165) is 252 Å². The Balaban J connectivity index is 0.000000281. The standard InChI is InChI=1S/C28H54O5Si2.C24H52O7Si3.C18H34O9Si2.C18H40O6Si3.C14H30O5Si2/c1-7-29-21-25-9-13-27(14-10-25)23-31-17-19-34(3,4)33-35(5,6)20-18-32-24-28-15-11-26(12-16-28)22-30-8-2;1-9-23(19-27-20-23)17-25-13-11-15-29-33(5,6)31-34(7,8)30-32(3,4)16-12-14-26-18-24(10-2)21-28-22-24;1-28(2,9-5-7-21-11-15-13-23-17(19)25-15)27-29(3,4)10-6-8-22-12-16-14-24-18(20)26-16;1-9-17(11-19-12-17)15-21-25(3,4)23-27(7,8)24-26(5,6)22-16-18(10-2)13-20-14-18;1-20(2,11-5-13-15-7-8-16-13)19-21(3,4)12-6-14-17-9-10-18-14/h7-8,25-28H,1-2,9-24H2,3-6H3;9-22H2,1-8H3;15-16H,5-14H2,1-4H3;9-16H2,1-8H3;13-14H,5-12H2,1-4H3. The average Bonchev–Trinajstić information content (AvgIpc) is 1.65. The molecule has 10 fully saturated rings. The maximum atomic E-state index is 10.9. The Morgan fingerprint density at radius 1 is 0.295 bits per heavy atom. The fraction of sp³-hybridized carbons (Fsp3) is 0.941. The van der Waals surface area contributed by atoms with E-state index in [1.165, 1.54) is 51.4 Å². The van der Waals surface area contributed by atoms with Gasteiger partial charge in [0, 0.05) is 94.3 Å². The molecule has 2 atom stereocenters.